The molecule has 0 aliphatic carbocycles. The van der Waals surface area contributed by atoms with Crippen LogP contribution in [0.3, 0.4) is 0 Å². The number of rotatable bonds is 6. The first kappa shape index (κ1) is 25.4. The van der Waals surface area contributed by atoms with Gasteiger partial charge in [0.15, 0.2) is 18.4 Å². The number of carbonyl (C=O) groups excluding carboxylic acids is 4. The molecule has 0 unspecified atom stereocenters. The maximum absolute atomic E-state index is 12.1. The second-order valence-electron chi connectivity index (χ2n) is 7.39. The van der Waals surface area contributed by atoms with Crippen LogP contribution in [0.5, 0.6) is 0 Å². The number of esters is 4. The molecule has 14 heteroatoms. The fourth-order valence-electron chi connectivity index (χ4n) is 3.25. The van der Waals surface area contributed by atoms with Crippen LogP contribution in [0.4, 0.5) is 0 Å². The molecule has 0 saturated carbocycles. The average molecular weight is 489 g/mol. The largest absolute Gasteiger partial charge is 0.463 e. The Labute approximate surface area is 199 Å². The Morgan fingerprint density at radius 1 is 1.06 bits per heavy atom. The van der Waals surface area contributed by atoms with Crippen molar-refractivity contribution in [2.45, 2.75) is 45.3 Å². The van der Waals surface area contributed by atoms with E-state index in [0.717, 1.165) is 25.6 Å². The van der Waals surface area contributed by atoms with Crippen molar-refractivity contribution in [3.8, 4) is 11.8 Å². The zero-order chi connectivity index (χ0) is 25.7. The molecule has 14 nitrogen and oxygen atoms in total. The van der Waals surface area contributed by atoms with Gasteiger partial charge in [-0.25, -0.2) is 14.5 Å². The van der Waals surface area contributed by atoms with Gasteiger partial charge in [0.1, 0.15) is 18.4 Å². The average Bonchev–Trinajstić information content (AvgIpc) is 3.47. The van der Waals surface area contributed by atoms with Crippen molar-refractivity contribution < 1.29 is 42.9 Å². The van der Waals surface area contributed by atoms with Crippen molar-refractivity contribution >= 4 is 23.9 Å². The fraction of sp³-hybridized carbons (Fsp3) is 0.476. The second kappa shape index (κ2) is 10.8. The maximum atomic E-state index is 12.1. The highest BCUT2D eigenvalue weighted by Crippen LogP contribution is 2.34. The molecule has 4 atom stereocenters. The van der Waals surface area contributed by atoms with Gasteiger partial charge in [0, 0.05) is 34.0 Å². The molecule has 0 amide bonds. The van der Waals surface area contributed by atoms with Crippen molar-refractivity contribution in [1.82, 2.24) is 24.3 Å². The number of nitrogens with zero attached hydrogens (tertiary/aromatic N) is 5. The van der Waals surface area contributed by atoms with E-state index in [1.54, 1.807) is 24.1 Å². The third-order valence-corrected chi connectivity index (χ3v) is 4.59. The van der Waals surface area contributed by atoms with E-state index in [1.807, 2.05) is 0 Å². The summed E-state index contributed by atoms with van der Waals surface area (Å²) >= 11 is 0. The third-order valence-electron chi connectivity index (χ3n) is 4.59. The van der Waals surface area contributed by atoms with E-state index < -0.39 is 48.4 Å². The molecule has 1 aliphatic rings. The molecule has 3 rings (SSSR count). The Balaban J connectivity index is 2.07. The van der Waals surface area contributed by atoms with Gasteiger partial charge in [-0.3, -0.25) is 14.4 Å². The Kier molecular flexibility index (Phi) is 7.82. The first-order valence-electron chi connectivity index (χ1n) is 10.3. The highest BCUT2D eigenvalue weighted by molar-refractivity contribution is 5.85. The number of hydrogen-bond donors (Lipinski definition) is 0. The minimum Gasteiger partial charge on any atom is -0.463 e. The molecule has 1 saturated heterocycles. The number of aromatic nitrogens is 5. The van der Waals surface area contributed by atoms with E-state index in [9.17, 15) is 19.2 Å². The molecular weight excluding hydrogens is 466 g/mol. The molecule has 0 radical (unpaired) electrons. The molecule has 2 aromatic rings. The summed E-state index contributed by atoms with van der Waals surface area (Å²) in [5.41, 5.74) is 0.413. The second-order valence-corrected chi connectivity index (χ2v) is 7.39. The maximum Gasteiger partial charge on any atom is 0.378 e. The standard InChI is InChI=1S/C21H23N5O9/c1-11(27)32-9-15-17(33-12(2)28)18(34-13(3)29)20(35-15)26-16(23-19(24-26)21(30)31-5)7-6-14-8-25(4)10-22-14/h8,10,15,17-18,20H,9H2,1-5H3/t15-,17-,18-,20-/m1/s1. The fourth-order valence-corrected chi connectivity index (χ4v) is 3.25. The summed E-state index contributed by atoms with van der Waals surface area (Å²) in [5.74, 6) is 2.32. The van der Waals surface area contributed by atoms with E-state index in [0.29, 0.717) is 5.69 Å². The predicted molar refractivity (Wildman–Crippen MR) is 112 cm³/mol. The minimum atomic E-state index is -1.25. The highest BCUT2D eigenvalue weighted by atomic mass is 16.7. The lowest BCUT2D eigenvalue weighted by Crippen LogP contribution is -2.40. The summed E-state index contributed by atoms with van der Waals surface area (Å²) in [6.45, 7) is 3.21. The molecule has 0 spiro atoms. The Morgan fingerprint density at radius 3 is 2.31 bits per heavy atom. The Morgan fingerprint density at radius 2 is 1.74 bits per heavy atom. The van der Waals surface area contributed by atoms with Crippen molar-refractivity contribution in [2.24, 2.45) is 7.05 Å². The van der Waals surface area contributed by atoms with E-state index in [4.69, 9.17) is 23.7 Å². The van der Waals surface area contributed by atoms with E-state index in [1.165, 1.54) is 6.92 Å². The minimum absolute atomic E-state index is 0.0482. The van der Waals surface area contributed by atoms with Crippen molar-refractivity contribution in [2.75, 3.05) is 13.7 Å². The number of imidazole rings is 1. The first-order chi connectivity index (χ1) is 16.6. The lowest BCUT2D eigenvalue weighted by molar-refractivity contribution is -0.166. The monoisotopic (exact) mass is 489 g/mol. The zero-order valence-electron chi connectivity index (χ0n) is 19.6. The third kappa shape index (κ3) is 6.21. The molecule has 0 bridgehead atoms. The summed E-state index contributed by atoms with van der Waals surface area (Å²) in [6, 6.07) is 0. The zero-order valence-corrected chi connectivity index (χ0v) is 19.6. The van der Waals surface area contributed by atoms with Gasteiger partial charge < -0.3 is 28.3 Å². The van der Waals surface area contributed by atoms with Crippen molar-refractivity contribution in [1.29, 1.82) is 0 Å². The van der Waals surface area contributed by atoms with E-state index >= 15 is 0 Å². The van der Waals surface area contributed by atoms with Crippen LogP contribution >= 0.6 is 0 Å². The van der Waals surface area contributed by atoms with Crippen LogP contribution in [0, 0.1) is 11.8 Å². The van der Waals surface area contributed by atoms with Gasteiger partial charge in [-0.2, -0.15) is 4.98 Å². The number of ether oxygens (including phenoxy) is 5. The summed E-state index contributed by atoms with van der Waals surface area (Å²) in [6.07, 6.45) is -1.46. The molecule has 2 aromatic heterocycles. The van der Waals surface area contributed by atoms with Crippen LogP contribution in [-0.2, 0) is 45.1 Å². The first-order valence-corrected chi connectivity index (χ1v) is 10.3. The molecule has 1 aliphatic heterocycles. The van der Waals surface area contributed by atoms with Crippen LogP contribution < -0.4 is 0 Å². The molecule has 3 heterocycles. The summed E-state index contributed by atoms with van der Waals surface area (Å²) in [7, 11) is 2.92. The van der Waals surface area contributed by atoms with Gasteiger partial charge >= 0.3 is 23.9 Å². The molecule has 0 aromatic carbocycles. The van der Waals surface area contributed by atoms with Gasteiger partial charge in [-0.15, -0.1) is 5.10 Å². The van der Waals surface area contributed by atoms with Crippen LogP contribution in [0.2, 0.25) is 0 Å². The van der Waals surface area contributed by atoms with E-state index in [-0.39, 0.29) is 18.3 Å². The van der Waals surface area contributed by atoms with Crippen molar-refractivity contribution in [3.05, 3.63) is 29.9 Å². The summed E-state index contributed by atoms with van der Waals surface area (Å²) < 4.78 is 29.2. The predicted octanol–water partition coefficient (Wildman–Crippen LogP) is -0.478. The van der Waals surface area contributed by atoms with Gasteiger partial charge in [0.05, 0.1) is 13.4 Å². The van der Waals surface area contributed by atoms with Gasteiger partial charge in [0.25, 0.3) is 5.82 Å². The summed E-state index contributed by atoms with van der Waals surface area (Å²) in [5, 5.41) is 4.12. The van der Waals surface area contributed by atoms with E-state index in [2.05, 4.69) is 26.9 Å². The topological polar surface area (TPSA) is 163 Å². The van der Waals surface area contributed by atoms with Gasteiger partial charge in [0.2, 0.25) is 5.82 Å². The molecule has 35 heavy (non-hydrogen) atoms. The van der Waals surface area contributed by atoms with Gasteiger partial charge in [-0.1, -0.05) is 0 Å². The summed E-state index contributed by atoms with van der Waals surface area (Å²) in [4.78, 5) is 55.3. The number of hydrogen-bond acceptors (Lipinski definition) is 12. The lowest BCUT2D eigenvalue weighted by Gasteiger charge is -2.23. The van der Waals surface area contributed by atoms with Gasteiger partial charge in [-0.05, 0) is 11.8 Å². The number of carbonyl (C=O) groups is 4. The molecule has 1 fully saturated rings. The van der Waals surface area contributed by atoms with Crippen LogP contribution in [0.15, 0.2) is 12.5 Å². The quantitative estimate of drug-likeness (QED) is 0.291. The lowest BCUT2D eigenvalue weighted by atomic mass is 10.1. The Bertz CT molecular complexity index is 1190. The smallest absolute Gasteiger partial charge is 0.378 e. The SMILES string of the molecule is COC(=O)c1nc(C#Cc2cn(C)cn2)n([C@@H]2O[C@H](COC(C)=O)[C@@H](OC(C)=O)[C@H]2OC(C)=O)n1. The molecule has 0 N–H and O–H groups in total. The number of methoxy groups -OCH3 is 1. The molecular formula is C21H23N5O9. The van der Waals surface area contributed by atoms with Crippen LogP contribution in [0.1, 0.15) is 49.1 Å². The molecule has 186 valence electrons. The van der Waals surface area contributed by atoms with Crippen molar-refractivity contribution in [3.63, 3.8) is 0 Å². The Hall–Kier alpha value is -4.25. The normalized spacial score (nSPS) is 20.9. The number of aryl methyl sites for hydroxylation is 1. The van der Waals surface area contributed by atoms with Crippen LogP contribution in [-0.4, -0.2) is 80.2 Å². The van der Waals surface area contributed by atoms with Crippen LogP contribution in [0.25, 0.3) is 0 Å². The highest BCUT2D eigenvalue weighted by Gasteiger charge is 2.51.